The van der Waals surface area contributed by atoms with E-state index in [0.29, 0.717) is 0 Å². The predicted molar refractivity (Wildman–Crippen MR) is 40.4 cm³/mol. The minimum Gasteiger partial charge on any atom is -0.224 e. The van der Waals surface area contributed by atoms with Crippen LogP contribution in [0.15, 0.2) is 12.4 Å². The van der Waals surface area contributed by atoms with Crippen molar-refractivity contribution in [2.75, 3.05) is 0 Å². The number of hydrogen-bond acceptors (Lipinski definition) is 0. The molecule has 114 valence electrons. The molecule has 0 aromatic heterocycles. The van der Waals surface area contributed by atoms with E-state index in [1.54, 1.807) is 0 Å². The summed E-state index contributed by atoms with van der Waals surface area (Å²) in [6.07, 6.45) is -23.4. The molecule has 0 aliphatic carbocycles. The fourth-order valence-corrected chi connectivity index (χ4v) is 1.08. The van der Waals surface area contributed by atoms with Crippen LogP contribution in [-0.4, -0.2) is 24.2 Å². The molecule has 0 heterocycles. The SMILES string of the molecule is F/C=C/C(CC(F)(C(F)(F)F)C(F)(F)F)C(F)(F)F. The number of rotatable bonds is 3. The molecule has 11 heteroatoms. The first-order valence-corrected chi connectivity index (χ1v) is 4.33. The number of hydrogen-bond donors (Lipinski definition) is 0. The largest absolute Gasteiger partial charge is 0.431 e. The topological polar surface area (TPSA) is 0 Å². The van der Waals surface area contributed by atoms with Crippen molar-refractivity contribution < 1.29 is 48.3 Å². The van der Waals surface area contributed by atoms with E-state index in [4.69, 9.17) is 0 Å². The Hall–Kier alpha value is -1.03. The van der Waals surface area contributed by atoms with E-state index in [-0.39, 0.29) is 0 Å². The molecule has 0 fully saturated rings. The number of halogens is 11. The molecular weight excluding hydrogens is 305 g/mol. The van der Waals surface area contributed by atoms with Crippen molar-refractivity contribution in [1.29, 1.82) is 0 Å². The number of allylic oxidation sites excluding steroid dienone is 1. The van der Waals surface area contributed by atoms with Gasteiger partial charge < -0.3 is 0 Å². The summed E-state index contributed by atoms with van der Waals surface area (Å²) in [6.45, 7) is 0. The van der Waals surface area contributed by atoms with Gasteiger partial charge in [-0.25, -0.2) is 8.78 Å². The molecule has 0 N–H and O–H groups in total. The first-order valence-electron chi connectivity index (χ1n) is 4.33. The molecule has 0 bridgehead atoms. The second-order valence-electron chi connectivity index (χ2n) is 3.47. The summed E-state index contributed by atoms with van der Waals surface area (Å²) < 4.78 is 133. The summed E-state index contributed by atoms with van der Waals surface area (Å²) in [6, 6.07) is 0. The summed E-state index contributed by atoms with van der Waals surface area (Å²) in [7, 11) is 0. The van der Waals surface area contributed by atoms with E-state index < -0.39 is 48.9 Å². The fraction of sp³-hybridized carbons (Fsp3) is 0.750. The minimum atomic E-state index is -6.61. The van der Waals surface area contributed by atoms with Crippen LogP contribution in [0.2, 0.25) is 0 Å². The predicted octanol–water partition coefficient (Wildman–Crippen LogP) is 4.87. The maximum Gasteiger partial charge on any atom is 0.431 e. The van der Waals surface area contributed by atoms with Gasteiger partial charge in [0.1, 0.15) is 0 Å². The standard InChI is InChI=1S/C8H5F11/c9-2-1-4(6(11,12)13)3-5(10,7(14,15)16)8(17,18)19/h1-2,4H,3H2/b2-1+. The van der Waals surface area contributed by atoms with Gasteiger partial charge >= 0.3 is 18.5 Å². The van der Waals surface area contributed by atoms with Crippen LogP contribution in [0.5, 0.6) is 0 Å². The Morgan fingerprint density at radius 3 is 1.32 bits per heavy atom. The summed E-state index contributed by atoms with van der Waals surface area (Å²) >= 11 is 0. The third-order valence-electron chi connectivity index (χ3n) is 2.13. The van der Waals surface area contributed by atoms with Crippen LogP contribution in [0.1, 0.15) is 6.42 Å². The van der Waals surface area contributed by atoms with Gasteiger partial charge in [-0.3, -0.25) is 0 Å². The third-order valence-corrected chi connectivity index (χ3v) is 2.13. The molecule has 1 unspecified atom stereocenters. The van der Waals surface area contributed by atoms with Crippen LogP contribution in [0, 0.1) is 5.92 Å². The Morgan fingerprint density at radius 1 is 0.737 bits per heavy atom. The molecule has 0 amide bonds. The van der Waals surface area contributed by atoms with Gasteiger partial charge in [0.2, 0.25) is 0 Å². The van der Waals surface area contributed by atoms with Crippen molar-refractivity contribution in [3.8, 4) is 0 Å². The summed E-state index contributed by atoms with van der Waals surface area (Å²) in [5, 5.41) is 0. The van der Waals surface area contributed by atoms with E-state index in [0.717, 1.165) is 0 Å². The van der Waals surface area contributed by atoms with Crippen molar-refractivity contribution in [3.63, 3.8) is 0 Å². The van der Waals surface area contributed by atoms with Crippen molar-refractivity contribution in [2.24, 2.45) is 5.92 Å². The van der Waals surface area contributed by atoms with Crippen molar-refractivity contribution >= 4 is 0 Å². The lowest BCUT2D eigenvalue weighted by molar-refractivity contribution is -0.350. The van der Waals surface area contributed by atoms with Gasteiger partial charge in [0.05, 0.1) is 12.2 Å². The highest BCUT2D eigenvalue weighted by atomic mass is 19.4. The van der Waals surface area contributed by atoms with Gasteiger partial charge in [-0.2, -0.15) is 39.5 Å². The van der Waals surface area contributed by atoms with Gasteiger partial charge in [-0.1, -0.05) is 0 Å². The van der Waals surface area contributed by atoms with Gasteiger partial charge in [-0.05, 0) is 6.08 Å². The Kier molecular flexibility index (Phi) is 4.88. The molecule has 0 nitrogen and oxygen atoms in total. The van der Waals surface area contributed by atoms with Crippen LogP contribution in [0.3, 0.4) is 0 Å². The van der Waals surface area contributed by atoms with E-state index in [9.17, 15) is 48.3 Å². The van der Waals surface area contributed by atoms with Crippen molar-refractivity contribution in [2.45, 2.75) is 30.6 Å². The average molecular weight is 310 g/mol. The maximum absolute atomic E-state index is 13.0. The molecule has 0 saturated heterocycles. The van der Waals surface area contributed by atoms with Gasteiger partial charge in [-0.15, -0.1) is 0 Å². The van der Waals surface area contributed by atoms with Crippen LogP contribution in [0.4, 0.5) is 48.3 Å². The first-order chi connectivity index (χ1) is 8.17. The first kappa shape index (κ1) is 18.0. The molecule has 1 atom stereocenters. The molecule has 0 aromatic carbocycles. The lowest BCUT2D eigenvalue weighted by atomic mass is 9.90. The van der Waals surface area contributed by atoms with Crippen LogP contribution in [0.25, 0.3) is 0 Å². The fourth-order valence-electron chi connectivity index (χ4n) is 1.08. The Bertz CT molecular complexity index is 303. The van der Waals surface area contributed by atoms with Crippen LogP contribution >= 0.6 is 0 Å². The monoisotopic (exact) mass is 310 g/mol. The van der Waals surface area contributed by atoms with Gasteiger partial charge in [0, 0.05) is 6.42 Å². The van der Waals surface area contributed by atoms with Gasteiger partial charge in [0.25, 0.3) is 5.67 Å². The van der Waals surface area contributed by atoms with E-state index in [1.165, 1.54) is 0 Å². The van der Waals surface area contributed by atoms with E-state index >= 15 is 0 Å². The zero-order valence-corrected chi connectivity index (χ0v) is 8.60. The molecule has 0 spiro atoms. The Morgan fingerprint density at radius 2 is 1.11 bits per heavy atom. The van der Waals surface area contributed by atoms with Crippen molar-refractivity contribution in [1.82, 2.24) is 0 Å². The smallest absolute Gasteiger partial charge is 0.224 e. The minimum absolute atomic E-state index is 0.619. The van der Waals surface area contributed by atoms with Crippen molar-refractivity contribution in [3.05, 3.63) is 12.4 Å². The second kappa shape index (κ2) is 5.16. The molecule has 0 rings (SSSR count). The van der Waals surface area contributed by atoms with Crippen LogP contribution < -0.4 is 0 Å². The Labute approximate surface area is 98.4 Å². The van der Waals surface area contributed by atoms with Gasteiger partial charge in [0.15, 0.2) is 0 Å². The molecule has 0 saturated carbocycles. The van der Waals surface area contributed by atoms with E-state index in [2.05, 4.69) is 0 Å². The zero-order chi connectivity index (χ0) is 15.7. The molecule has 0 aliphatic heterocycles. The molecular formula is C8H5F11. The summed E-state index contributed by atoms with van der Waals surface area (Å²) in [5.41, 5.74) is -6.08. The summed E-state index contributed by atoms with van der Waals surface area (Å²) in [4.78, 5) is 0. The maximum atomic E-state index is 13.0. The highest BCUT2D eigenvalue weighted by Crippen LogP contribution is 2.51. The molecule has 0 aromatic rings. The zero-order valence-electron chi connectivity index (χ0n) is 8.60. The lowest BCUT2D eigenvalue weighted by Gasteiger charge is -2.32. The Balaban J connectivity index is 5.58. The molecule has 0 aliphatic rings. The normalized spacial score (nSPS) is 17.0. The lowest BCUT2D eigenvalue weighted by Crippen LogP contribution is -2.55. The second-order valence-corrected chi connectivity index (χ2v) is 3.47. The third kappa shape index (κ3) is 3.96. The highest BCUT2D eigenvalue weighted by molar-refractivity contribution is 5.01. The number of alkyl halides is 10. The van der Waals surface area contributed by atoms with E-state index in [1.807, 2.05) is 0 Å². The average Bonchev–Trinajstić information content (AvgIpc) is 2.11. The van der Waals surface area contributed by atoms with Crippen LogP contribution in [-0.2, 0) is 0 Å². The molecule has 0 radical (unpaired) electrons. The quantitative estimate of drug-likeness (QED) is 0.652. The molecule has 19 heavy (non-hydrogen) atoms. The highest BCUT2D eigenvalue weighted by Gasteiger charge is 2.73. The summed E-state index contributed by atoms with van der Waals surface area (Å²) in [5.74, 6) is -3.56.